The van der Waals surface area contributed by atoms with Crippen LogP contribution in [0.25, 0.3) is 10.8 Å². The summed E-state index contributed by atoms with van der Waals surface area (Å²) in [5, 5.41) is 5.41. The largest absolute Gasteiger partial charge is 0.326 e. The molecule has 0 aliphatic heterocycles. The standard InChI is InChI=1S/C22H23ClN2O3S/c1-16-12-13-18(23)15-21(16)25(29(2,27)28)14-6-11-22(26)24-20-10-5-8-17-7-3-4-9-19(17)20/h3-5,7-10,12-13,15H,6,11,14H2,1-2H3,(H,24,26). The monoisotopic (exact) mass is 430 g/mol. The molecule has 0 fully saturated rings. The fourth-order valence-electron chi connectivity index (χ4n) is 3.25. The number of amides is 1. The van der Waals surface area contributed by atoms with E-state index in [1.807, 2.05) is 49.4 Å². The first kappa shape index (κ1) is 21.1. The number of rotatable bonds is 7. The molecule has 0 bridgehead atoms. The van der Waals surface area contributed by atoms with Gasteiger partial charge in [0.25, 0.3) is 0 Å². The first-order valence-corrected chi connectivity index (χ1v) is 11.5. The summed E-state index contributed by atoms with van der Waals surface area (Å²) in [5.74, 6) is -0.155. The number of sulfonamides is 1. The molecule has 3 aromatic carbocycles. The van der Waals surface area contributed by atoms with Gasteiger partial charge in [-0.3, -0.25) is 9.10 Å². The molecule has 0 atom stereocenters. The van der Waals surface area contributed by atoms with Gasteiger partial charge in [0.2, 0.25) is 15.9 Å². The van der Waals surface area contributed by atoms with Crippen molar-refractivity contribution in [1.82, 2.24) is 0 Å². The number of nitrogens with zero attached hydrogens (tertiary/aromatic N) is 1. The van der Waals surface area contributed by atoms with Crippen molar-refractivity contribution in [2.24, 2.45) is 0 Å². The molecular weight excluding hydrogens is 408 g/mol. The van der Waals surface area contributed by atoms with Crippen molar-refractivity contribution in [2.45, 2.75) is 19.8 Å². The third-order valence-corrected chi connectivity index (χ3v) is 6.08. The second-order valence-electron chi connectivity index (χ2n) is 6.94. The molecule has 0 saturated carbocycles. The summed E-state index contributed by atoms with van der Waals surface area (Å²) in [6.07, 6.45) is 1.74. The summed E-state index contributed by atoms with van der Waals surface area (Å²) in [5.41, 5.74) is 2.09. The van der Waals surface area contributed by atoms with Crippen molar-refractivity contribution in [2.75, 3.05) is 22.4 Å². The number of aryl methyl sites for hydroxylation is 1. The molecule has 7 heteroatoms. The minimum absolute atomic E-state index is 0.155. The number of benzene rings is 3. The molecule has 0 radical (unpaired) electrons. The average Bonchev–Trinajstić information content (AvgIpc) is 2.67. The average molecular weight is 431 g/mol. The summed E-state index contributed by atoms with van der Waals surface area (Å²) >= 11 is 6.05. The van der Waals surface area contributed by atoms with Crippen LogP contribution in [0.2, 0.25) is 5.02 Å². The Morgan fingerprint density at radius 3 is 2.55 bits per heavy atom. The van der Waals surface area contributed by atoms with E-state index >= 15 is 0 Å². The quantitative estimate of drug-likeness (QED) is 0.574. The highest BCUT2D eigenvalue weighted by atomic mass is 35.5. The van der Waals surface area contributed by atoms with Crippen LogP contribution in [0, 0.1) is 6.92 Å². The van der Waals surface area contributed by atoms with Gasteiger partial charge >= 0.3 is 0 Å². The minimum atomic E-state index is -3.50. The van der Waals surface area contributed by atoms with Crippen LogP contribution in [0.1, 0.15) is 18.4 Å². The molecule has 1 amide bonds. The molecule has 0 aliphatic rings. The highest BCUT2D eigenvalue weighted by molar-refractivity contribution is 7.92. The Morgan fingerprint density at radius 1 is 1.07 bits per heavy atom. The number of fused-ring (bicyclic) bond motifs is 1. The van der Waals surface area contributed by atoms with E-state index in [1.54, 1.807) is 18.2 Å². The van der Waals surface area contributed by atoms with Gasteiger partial charge in [-0.15, -0.1) is 0 Å². The number of hydrogen-bond donors (Lipinski definition) is 1. The lowest BCUT2D eigenvalue weighted by Gasteiger charge is -2.24. The van der Waals surface area contributed by atoms with E-state index < -0.39 is 10.0 Å². The summed E-state index contributed by atoms with van der Waals surface area (Å²) in [6.45, 7) is 2.03. The number of halogens is 1. The van der Waals surface area contributed by atoms with Gasteiger partial charge in [-0.1, -0.05) is 54.1 Å². The Hall–Kier alpha value is -2.57. The fraction of sp³-hybridized carbons (Fsp3) is 0.227. The smallest absolute Gasteiger partial charge is 0.232 e. The van der Waals surface area contributed by atoms with Gasteiger partial charge in [-0.2, -0.15) is 0 Å². The number of anilines is 2. The molecule has 5 nitrogen and oxygen atoms in total. The summed E-state index contributed by atoms with van der Waals surface area (Å²) in [7, 11) is -3.50. The zero-order valence-electron chi connectivity index (χ0n) is 16.4. The molecule has 3 rings (SSSR count). The van der Waals surface area contributed by atoms with Gasteiger partial charge in [0.05, 0.1) is 11.9 Å². The van der Waals surface area contributed by atoms with E-state index in [2.05, 4.69) is 5.32 Å². The lowest BCUT2D eigenvalue weighted by Crippen LogP contribution is -2.32. The first-order valence-electron chi connectivity index (χ1n) is 9.27. The van der Waals surface area contributed by atoms with Gasteiger partial charge in [0.1, 0.15) is 0 Å². The van der Waals surface area contributed by atoms with Gasteiger partial charge in [0, 0.05) is 29.1 Å². The second kappa shape index (κ2) is 8.84. The van der Waals surface area contributed by atoms with E-state index in [-0.39, 0.29) is 18.9 Å². The summed E-state index contributed by atoms with van der Waals surface area (Å²) in [6, 6.07) is 18.7. The topological polar surface area (TPSA) is 66.5 Å². The van der Waals surface area contributed by atoms with Gasteiger partial charge < -0.3 is 5.32 Å². The summed E-state index contributed by atoms with van der Waals surface area (Å²) < 4.78 is 25.9. The molecule has 0 unspecified atom stereocenters. The van der Waals surface area contributed by atoms with Crippen LogP contribution < -0.4 is 9.62 Å². The molecule has 1 N–H and O–H groups in total. The molecule has 0 saturated heterocycles. The van der Waals surface area contributed by atoms with E-state index in [0.29, 0.717) is 17.1 Å². The summed E-state index contributed by atoms with van der Waals surface area (Å²) in [4.78, 5) is 12.4. The van der Waals surface area contributed by atoms with Crippen LogP contribution in [0.3, 0.4) is 0 Å². The van der Waals surface area contributed by atoms with Crippen molar-refractivity contribution in [1.29, 1.82) is 0 Å². The van der Waals surface area contributed by atoms with Crippen molar-refractivity contribution in [3.8, 4) is 0 Å². The van der Waals surface area contributed by atoms with Crippen LogP contribution in [0.4, 0.5) is 11.4 Å². The number of hydrogen-bond acceptors (Lipinski definition) is 3. The molecule has 3 aromatic rings. The third kappa shape index (κ3) is 5.28. The Kier molecular flexibility index (Phi) is 6.45. The van der Waals surface area contributed by atoms with Crippen LogP contribution in [0.15, 0.2) is 60.7 Å². The maximum Gasteiger partial charge on any atom is 0.232 e. The van der Waals surface area contributed by atoms with Gasteiger partial charge in [-0.25, -0.2) is 8.42 Å². The van der Waals surface area contributed by atoms with E-state index in [4.69, 9.17) is 11.6 Å². The van der Waals surface area contributed by atoms with Gasteiger partial charge in [-0.05, 0) is 42.5 Å². The third-order valence-electron chi connectivity index (χ3n) is 4.67. The SMILES string of the molecule is Cc1ccc(Cl)cc1N(CCCC(=O)Nc1cccc2ccccc12)S(C)(=O)=O. The van der Waals surface area contributed by atoms with Crippen molar-refractivity contribution >= 4 is 49.7 Å². The normalized spacial score (nSPS) is 11.4. The molecule has 0 aliphatic carbocycles. The van der Waals surface area contributed by atoms with E-state index in [1.165, 1.54) is 4.31 Å². The maximum atomic E-state index is 12.4. The van der Waals surface area contributed by atoms with Crippen molar-refractivity contribution in [3.05, 3.63) is 71.2 Å². The predicted molar refractivity (Wildman–Crippen MR) is 120 cm³/mol. The maximum absolute atomic E-state index is 12.4. The molecule has 29 heavy (non-hydrogen) atoms. The number of carbonyl (C=O) groups is 1. The van der Waals surface area contributed by atoms with Crippen molar-refractivity contribution < 1.29 is 13.2 Å². The Labute approximate surface area is 176 Å². The molecule has 0 spiro atoms. The Balaban J connectivity index is 1.68. The minimum Gasteiger partial charge on any atom is -0.326 e. The van der Waals surface area contributed by atoms with Crippen LogP contribution in [-0.4, -0.2) is 27.1 Å². The zero-order chi connectivity index (χ0) is 21.0. The number of carbonyl (C=O) groups excluding carboxylic acids is 1. The Bertz CT molecular complexity index is 1140. The highest BCUT2D eigenvalue weighted by Gasteiger charge is 2.20. The van der Waals surface area contributed by atoms with Crippen LogP contribution in [-0.2, 0) is 14.8 Å². The van der Waals surface area contributed by atoms with Crippen molar-refractivity contribution in [3.63, 3.8) is 0 Å². The fourth-order valence-corrected chi connectivity index (χ4v) is 4.43. The molecule has 152 valence electrons. The zero-order valence-corrected chi connectivity index (χ0v) is 17.9. The highest BCUT2D eigenvalue weighted by Crippen LogP contribution is 2.27. The Morgan fingerprint density at radius 2 is 1.79 bits per heavy atom. The number of nitrogens with one attached hydrogen (secondary N) is 1. The van der Waals surface area contributed by atoms with E-state index in [9.17, 15) is 13.2 Å². The van der Waals surface area contributed by atoms with Gasteiger partial charge in [0.15, 0.2) is 0 Å². The van der Waals surface area contributed by atoms with Crippen LogP contribution >= 0.6 is 11.6 Å². The lowest BCUT2D eigenvalue weighted by molar-refractivity contribution is -0.116. The molecule has 0 heterocycles. The second-order valence-corrected chi connectivity index (χ2v) is 9.29. The lowest BCUT2D eigenvalue weighted by atomic mass is 10.1. The predicted octanol–water partition coefficient (Wildman–Crippen LogP) is 4.99. The van der Waals surface area contributed by atoms with E-state index in [0.717, 1.165) is 28.3 Å². The molecule has 0 aromatic heterocycles. The first-order chi connectivity index (χ1) is 13.8. The van der Waals surface area contributed by atoms with Crippen LogP contribution in [0.5, 0.6) is 0 Å². The molecular formula is C22H23ClN2O3S.